The van der Waals surface area contributed by atoms with E-state index in [0.717, 1.165) is 24.5 Å². The van der Waals surface area contributed by atoms with Gasteiger partial charge < -0.3 is 0 Å². The van der Waals surface area contributed by atoms with E-state index < -0.39 is 17.7 Å². The molecular formula is C9H4F4N2. The van der Waals surface area contributed by atoms with Crippen molar-refractivity contribution >= 4 is 10.9 Å². The summed E-state index contributed by atoms with van der Waals surface area (Å²) in [4.78, 5) is 6.71. The van der Waals surface area contributed by atoms with E-state index in [4.69, 9.17) is 0 Å². The van der Waals surface area contributed by atoms with E-state index in [9.17, 15) is 17.6 Å². The quantitative estimate of drug-likeness (QED) is 0.633. The lowest BCUT2D eigenvalue weighted by Crippen LogP contribution is -2.09. The number of aromatic nitrogens is 2. The molecule has 1 heterocycles. The van der Waals surface area contributed by atoms with Crippen LogP contribution in [0.15, 0.2) is 24.5 Å². The van der Waals surface area contributed by atoms with Crippen LogP contribution in [0.25, 0.3) is 10.9 Å². The maximum absolute atomic E-state index is 12.7. The minimum absolute atomic E-state index is 0.0580. The molecule has 2 aromatic rings. The molecule has 2 nitrogen and oxygen atoms in total. The molecule has 0 aliphatic heterocycles. The first-order valence-corrected chi connectivity index (χ1v) is 3.96. The van der Waals surface area contributed by atoms with Gasteiger partial charge >= 0.3 is 6.18 Å². The second kappa shape index (κ2) is 3.15. The Kier molecular flexibility index (Phi) is 2.06. The summed E-state index contributed by atoms with van der Waals surface area (Å²) >= 11 is 0. The molecule has 0 spiro atoms. The van der Waals surface area contributed by atoms with Crippen LogP contribution in [0.3, 0.4) is 0 Å². The molecule has 15 heavy (non-hydrogen) atoms. The molecular weight excluding hydrogens is 212 g/mol. The fourth-order valence-electron chi connectivity index (χ4n) is 1.26. The third-order valence-electron chi connectivity index (χ3n) is 1.87. The summed E-state index contributed by atoms with van der Waals surface area (Å²) < 4.78 is 50.0. The molecule has 0 saturated carbocycles. The monoisotopic (exact) mass is 216 g/mol. The van der Waals surface area contributed by atoms with Gasteiger partial charge in [0.25, 0.3) is 0 Å². The summed E-state index contributed by atoms with van der Waals surface area (Å²) in [5, 5.41) is -0.202. The van der Waals surface area contributed by atoms with E-state index in [1.807, 2.05) is 0 Å². The minimum Gasteiger partial charge on any atom is -0.236 e. The Balaban J connectivity index is 2.77. The maximum atomic E-state index is 12.7. The number of hydrogen-bond donors (Lipinski definition) is 0. The molecule has 0 aliphatic rings. The minimum atomic E-state index is -4.56. The van der Waals surface area contributed by atoms with Gasteiger partial charge in [-0.3, -0.25) is 0 Å². The number of nitrogens with zero attached hydrogens (tertiary/aromatic N) is 2. The molecule has 1 aromatic heterocycles. The fourth-order valence-corrected chi connectivity index (χ4v) is 1.26. The molecule has 1 aromatic carbocycles. The van der Waals surface area contributed by atoms with Crippen molar-refractivity contribution in [2.45, 2.75) is 6.18 Å². The lowest BCUT2D eigenvalue weighted by molar-refractivity contribution is -0.139. The van der Waals surface area contributed by atoms with Crippen molar-refractivity contribution in [1.29, 1.82) is 0 Å². The standard InChI is InChI=1S/C9H4F4N2/c10-5-1-2-6-7(3-5)14-4-15-8(6)9(11,12)13/h1-4H. The van der Waals surface area contributed by atoms with Crippen molar-refractivity contribution in [3.8, 4) is 0 Å². The van der Waals surface area contributed by atoms with Gasteiger partial charge in [-0.05, 0) is 12.1 Å². The number of benzene rings is 1. The largest absolute Gasteiger partial charge is 0.434 e. The highest BCUT2D eigenvalue weighted by atomic mass is 19.4. The van der Waals surface area contributed by atoms with Gasteiger partial charge in [0, 0.05) is 11.5 Å². The second-order valence-corrected chi connectivity index (χ2v) is 2.88. The third kappa shape index (κ3) is 1.74. The SMILES string of the molecule is Fc1ccc2c(C(F)(F)F)ncnc2c1. The van der Waals surface area contributed by atoms with Gasteiger partial charge in [0.05, 0.1) is 5.52 Å². The molecule has 78 valence electrons. The molecule has 0 fully saturated rings. The van der Waals surface area contributed by atoms with Crippen molar-refractivity contribution in [3.05, 3.63) is 36.0 Å². The van der Waals surface area contributed by atoms with Crippen molar-refractivity contribution in [2.24, 2.45) is 0 Å². The second-order valence-electron chi connectivity index (χ2n) is 2.88. The summed E-state index contributed by atoms with van der Waals surface area (Å²) in [6.45, 7) is 0. The molecule has 0 unspecified atom stereocenters. The van der Waals surface area contributed by atoms with Crippen LogP contribution in [0, 0.1) is 5.82 Å². The van der Waals surface area contributed by atoms with Crippen molar-refractivity contribution in [2.75, 3.05) is 0 Å². The number of rotatable bonds is 0. The summed E-state index contributed by atoms with van der Waals surface area (Å²) in [5.41, 5.74) is -1.11. The van der Waals surface area contributed by atoms with Crippen LogP contribution in [-0.4, -0.2) is 9.97 Å². The van der Waals surface area contributed by atoms with Gasteiger partial charge in [-0.15, -0.1) is 0 Å². The van der Waals surface area contributed by atoms with E-state index >= 15 is 0 Å². The van der Waals surface area contributed by atoms with Gasteiger partial charge in [-0.2, -0.15) is 13.2 Å². The highest BCUT2D eigenvalue weighted by Gasteiger charge is 2.34. The van der Waals surface area contributed by atoms with Crippen LogP contribution in [0.5, 0.6) is 0 Å². The van der Waals surface area contributed by atoms with Gasteiger partial charge in [-0.25, -0.2) is 14.4 Å². The highest BCUT2D eigenvalue weighted by molar-refractivity contribution is 5.81. The number of hydrogen-bond acceptors (Lipinski definition) is 2. The fraction of sp³-hybridized carbons (Fsp3) is 0.111. The summed E-state index contributed by atoms with van der Waals surface area (Å²) in [5.74, 6) is -0.630. The van der Waals surface area contributed by atoms with E-state index in [0.29, 0.717) is 0 Å². The molecule has 2 rings (SSSR count). The van der Waals surface area contributed by atoms with Crippen LogP contribution in [0.2, 0.25) is 0 Å². The molecule has 0 amide bonds. The van der Waals surface area contributed by atoms with E-state index in [1.165, 1.54) is 0 Å². The Labute approximate surface area is 81.6 Å². The smallest absolute Gasteiger partial charge is 0.236 e. The molecule has 0 N–H and O–H groups in total. The Hall–Kier alpha value is -1.72. The maximum Gasteiger partial charge on any atom is 0.434 e. The zero-order valence-electron chi connectivity index (χ0n) is 7.22. The van der Waals surface area contributed by atoms with Crippen LogP contribution in [0.4, 0.5) is 17.6 Å². The molecule has 0 atom stereocenters. The van der Waals surface area contributed by atoms with Crippen molar-refractivity contribution in [3.63, 3.8) is 0 Å². The van der Waals surface area contributed by atoms with Gasteiger partial charge in [0.1, 0.15) is 12.1 Å². The predicted molar refractivity (Wildman–Crippen MR) is 44.5 cm³/mol. The Morgan fingerprint density at radius 3 is 2.47 bits per heavy atom. The average molecular weight is 216 g/mol. The number of alkyl halides is 3. The molecule has 0 bridgehead atoms. The highest BCUT2D eigenvalue weighted by Crippen LogP contribution is 2.32. The molecule has 0 aliphatic carbocycles. The predicted octanol–water partition coefficient (Wildman–Crippen LogP) is 2.79. The summed E-state index contributed by atoms with van der Waals surface area (Å²) in [6, 6.07) is 2.90. The number of fused-ring (bicyclic) bond motifs is 1. The zero-order chi connectivity index (χ0) is 11.1. The van der Waals surface area contributed by atoms with Gasteiger partial charge in [0.2, 0.25) is 0 Å². The van der Waals surface area contributed by atoms with Crippen LogP contribution in [-0.2, 0) is 6.18 Å². The van der Waals surface area contributed by atoms with Crippen molar-refractivity contribution in [1.82, 2.24) is 9.97 Å². The van der Waals surface area contributed by atoms with Crippen molar-refractivity contribution < 1.29 is 17.6 Å². The van der Waals surface area contributed by atoms with Gasteiger partial charge in [-0.1, -0.05) is 0 Å². The number of halogens is 4. The Morgan fingerprint density at radius 1 is 1.07 bits per heavy atom. The normalized spacial score (nSPS) is 12.0. The van der Waals surface area contributed by atoms with E-state index in [1.54, 1.807) is 0 Å². The van der Waals surface area contributed by atoms with E-state index in [-0.39, 0.29) is 10.9 Å². The van der Waals surface area contributed by atoms with Gasteiger partial charge in [0.15, 0.2) is 5.69 Å². The molecule has 0 saturated heterocycles. The Bertz CT molecular complexity index is 507. The molecule has 6 heteroatoms. The average Bonchev–Trinajstić information content (AvgIpc) is 2.15. The Morgan fingerprint density at radius 2 is 1.80 bits per heavy atom. The zero-order valence-corrected chi connectivity index (χ0v) is 7.22. The summed E-state index contributed by atoms with van der Waals surface area (Å²) in [7, 11) is 0. The first kappa shape index (κ1) is 9.82. The van der Waals surface area contributed by atoms with E-state index in [2.05, 4.69) is 9.97 Å². The van der Waals surface area contributed by atoms with Crippen LogP contribution < -0.4 is 0 Å². The first-order chi connectivity index (χ1) is 6.98. The van der Waals surface area contributed by atoms with Crippen LogP contribution in [0.1, 0.15) is 5.69 Å². The first-order valence-electron chi connectivity index (χ1n) is 3.96. The third-order valence-corrected chi connectivity index (χ3v) is 1.87. The molecule has 0 radical (unpaired) electrons. The van der Waals surface area contributed by atoms with Crippen LogP contribution >= 0.6 is 0 Å². The summed E-state index contributed by atoms with van der Waals surface area (Å²) in [6.07, 6.45) is -3.79. The lowest BCUT2D eigenvalue weighted by Gasteiger charge is -2.07. The lowest BCUT2D eigenvalue weighted by atomic mass is 10.2. The topological polar surface area (TPSA) is 25.8 Å².